The van der Waals surface area contributed by atoms with Gasteiger partial charge in [0, 0.05) is 12.6 Å². The number of nitrogens with one attached hydrogen (secondary N) is 2. The van der Waals surface area contributed by atoms with Gasteiger partial charge in [0.2, 0.25) is 0 Å². The summed E-state index contributed by atoms with van der Waals surface area (Å²) in [6.07, 6.45) is 0.972. The molecule has 1 aromatic rings. The van der Waals surface area contributed by atoms with Crippen molar-refractivity contribution in [3.05, 3.63) is 35.4 Å². The minimum Gasteiger partial charge on any atom is -0.459 e. The minimum atomic E-state index is -0.429. The summed E-state index contributed by atoms with van der Waals surface area (Å²) in [5, 5.41) is 6.73. The molecule has 0 fully saturated rings. The summed E-state index contributed by atoms with van der Waals surface area (Å²) in [5.74, 6) is -0.202. The molecule has 0 amide bonds. The summed E-state index contributed by atoms with van der Waals surface area (Å²) in [6.45, 7) is 7.74. The summed E-state index contributed by atoms with van der Waals surface area (Å²) in [4.78, 5) is 11.8. The van der Waals surface area contributed by atoms with E-state index in [0.29, 0.717) is 0 Å². The third-order valence-electron chi connectivity index (χ3n) is 3.27. The van der Waals surface area contributed by atoms with Crippen LogP contribution in [0.2, 0.25) is 0 Å². The fourth-order valence-electron chi connectivity index (χ4n) is 2.46. The predicted molar refractivity (Wildman–Crippen MR) is 79.4 cm³/mol. The number of carbonyl (C=O) groups is 1. The second kappa shape index (κ2) is 6.37. The lowest BCUT2D eigenvalue weighted by atomic mass is 9.99. The Balaban J connectivity index is 1.97. The minimum absolute atomic E-state index is 0.202. The van der Waals surface area contributed by atoms with Crippen molar-refractivity contribution in [1.29, 1.82) is 0 Å². The average molecular weight is 276 g/mol. The summed E-state index contributed by atoms with van der Waals surface area (Å²) < 4.78 is 5.33. The third-order valence-corrected chi connectivity index (χ3v) is 3.27. The van der Waals surface area contributed by atoms with E-state index in [4.69, 9.17) is 4.74 Å². The van der Waals surface area contributed by atoms with Crippen LogP contribution in [0.1, 0.15) is 44.4 Å². The Morgan fingerprint density at radius 1 is 1.40 bits per heavy atom. The monoisotopic (exact) mass is 276 g/mol. The fourth-order valence-corrected chi connectivity index (χ4v) is 2.46. The Labute approximate surface area is 120 Å². The van der Waals surface area contributed by atoms with Gasteiger partial charge in [-0.15, -0.1) is 0 Å². The molecule has 0 bridgehead atoms. The number of hydrogen-bond donors (Lipinski definition) is 2. The highest BCUT2D eigenvalue weighted by molar-refractivity contribution is 5.72. The van der Waals surface area contributed by atoms with E-state index < -0.39 is 5.60 Å². The van der Waals surface area contributed by atoms with E-state index in [9.17, 15) is 4.79 Å². The van der Waals surface area contributed by atoms with Crippen LogP contribution in [0.5, 0.6) is 0 Å². The molecule has 2 N–H and O–H groups in total. The van der Waals surface area contributed by atoms with Crippen molar-refractivity contribution in [2.45, 2.75) is 45.4 Å². The van der Waals surface area contributed by atoms with Crippen LogP contribution in [-0.4, -0.2) is 24.7 Å². The van der Waals surface area contributed by atoms with Crippen LogP contribution < -0.4 is 10.6 Å². The highest BCUT2D eigenvalue weighted by Crippen LogP contribution is 2.23. The maximum absolute atomic E-state index is 11.8. The Bertz CT molecular complexity index is 466. The predicted octanol–water partition coefficient (Wildman–Crippen LogP) is 2.15. The van der Waals surface area contributed by atoms with Gasteiger partial charge in [0.25, 0.3) is 0 Å². The van der Waals surface area contributed by atoms with Gasteiger partial charge in [0.15, 0.2) is 0 Å². The number of fused-ring (bicyclic) bond motifs is 1. The first-order valence-electron chi connectivity index (χ1n) is 7.19. The van der Waals surface area contributed by atoms with Gasteiger partial charge in [-0.2, -0.15) is 0 Å². The van der Waals surface area contributed by atoms with Crippen LogP contribution in [0.3, 0.4) is 0 Å². The number of rotatable bonds is 3. The van der Waals surface area contributed by atoms with E-state index in [1.165, 1.54) is 11.1 Å². The van der Waals surface area contributed by atoms with Crippen LogP contribution >= 0.6 is 0 Å². The highest BCUT2D eigenvalue weighted by atomic mass is 16.6. The van der Waals surface area contributed by atoms with Gasteiger partial charge in [0.05, 0.1) is 6.54 Å². The molecule has 20 heavy (non-hydrogen) atoms. The van der Waals surface area contributed by atoms with E-state index in [0.717, 1.165) is 19.5 Å². The van der Waals surface area contributed by atoms with E-state index in [1.54, 1.807) is 0 Å². The zero-order valence-corrected chi connectivity index (χ0v) is 12.5. The molecule has 1 aromatic carbocycles. The van der Waals surface area contributed by atoms with E-state index >= 15 is 0 Å². The SMILES string of the molecule is CC(C)(C)OC(=O)CNC1CCNCc2ccccc21. The molecular formula is C16H24N2O2. The van der Waals surface area contributed by atoms with Gasteiger partial charge < -0.3 is 10.1 Å². The molecule has 0 aromatic heterocycles. The molecule has 0 saturated carbocycles. The van der Waals surface area contributed by atoms with Crippen LogP contribution in [-0.2, 0) is 16.1 Å². The van der Waals surface area contributed by atoms with Crippen molar-refractivity contribution in [1.82, 2.24) is 10.6 Å². The van der Waals surface area contributed by atoms with Crippen molar-refractivity contribution in [3.8, 4) is 0 Å². The smallest absolute Gasteiger partial charge is 0.320 e. The molecule has 1 unspecified atom stereocenters. The summed E-state index contributed by atoms with van der Waals surface area (Å²) in [5.41, 5.74) is 2.15. The molecule has 0 radical (unpaired) electrons. The number of hydrogen-bond acceptors (Lipinski definition) is 4. The van der Waals surface area contributed by atoms with Crippen LogP contribution in [0.15, 0.2) is 24.3 Å². The number of ether oxygens (including phenoxy) is 1. The zero-order valence-electron chi connectivity index (χ0n) is 12.5. The van der Waals surface area contributed by atoms with Gasteiger partial charge in [-0.3, -0.25) is 10.1 Å². The maximum Gasteiger partial charge on any atom is 0.320 e. The quantitative estimate of drug-likeness (QED) is 0.831. The first-order valence-corrected chi connectivity index (χ1v) is 7.19. The molecule has 0 spiro atoms. The number of esters is 1. The zero-order chi connectivity index (χ0) is 14.6. The van der Waals surface area contributed by atoms with Gasteiger partial charge in [0.1, 0.15) is 5.60 Å². The van der Waals surface area contributed by atoms with Crippen molar-refractivity contribution in [2.75, 3.05) is 13.1 Å². The molecule has 1 aliphatic heterocycles. The molecule has 2 rings (SSSR count). The van der Waals surface area contributed by atoms with Crippen LogP contribution in [0.25, 0.3) is 0 Å². The van der Waals surface area contributed by atoms with Gasteiger partial charge in [-0.1, -0.05) is 24.3 Å². The van der Waals surface area contributed by atoms with Gasteiger partial charge in [-0.05, 0) is 44.9 Å². The second-order valence-electron chi connectivity index (χ2n) is 6.18. The number of carbonyl (C=O) groups excluding carboxylic acids is 1. The Morgan fingerprint density at radius 3 is 2.90 bits per heavy atom. The fraction of sp³-hybridized carbons (Fsp3) is 0.562. The largest absolute Gasteiger partial charge is 0.459 e. The van der Waals surface area contributed by atoms with E-state index in [2.05, 4.69) is 28.8 Å². The molecule has 0 aliphatic carbocycles. The molecule has 1 heterocycles. The van der Waals surface area contributed by atoms with Crippen molar-refractivity contribution in [2.24, 2.45) is 0 Å². The Kier molecular flexibility index (Phi) is 4.78. The van der Waals surface area contributed by atoms with Crippen LogP contribution in [0, 0.1) is 0 Å². The Morgan fingerprint density at radius 2 is 2.15 bits per heavy atom. The Hall–Kier alpha value is -1.39. The third kappa shape index (κ3) is 4.32. The molecule has 1 atom stereocenters. The molecule has 110 valence electrons. The van der Waals surface area contributed by atoms with E-state index in [1.807, 2.05) is 26.8 Å². The lowest BCUT2D eigenvalue weighted by Crippen LogP contribution is -2.34. The lowest BCUT2D eigenvalue weighted by molar-refractivity contribution is -0.153. The maximum atomic E-state index is 11.8. The summed E-state index contributed by atoms with van der Waals surface area (Å²) in [7, 11) is 0. The topological polar surface area (TPSA) is 50.4 Å². The molecule has 0 saturated heterocycles. The lowest BCUT2D eigenvalue weighted by Gasteiger charge is -2.22. The summed E-state index contributed by atoms with van der Waals surface area (Å²) in [6, 6.07) is 8.57. The molecule has 4 nitrogen and oxygen atoms in total. The number of benzene rings is 1. The average Bonchev–Trinajstić information content (AvgIpc) is 2.56. The molecule has 4 heteroatoms. The van der Waals surface area contributed by atoms with Crippen molar-refractivity contribution < 1.29 is 9.53 Å². The second-order valence-corrected chi connectivity index (χ2v) is 6.18. The van der Waals surface area contributed by atoms with Crippen LogP contribution in [0.4, 0.5) is 0 Å². The van der Waals surface area contributed by atoms with Gasteiger partial charge in [-0.25, -0.2) is 0 Å². The highest BCUT2D eigenvalue weighted by Gasteiger charge is 2.20. The standard InChI is InChI=1S/C16H24N2O2/c1-16(2,3)20-15(19)11-18-14-8-9-17-10-12-6-4-5-7-13(12)14/h4-7,14,17-18H,8-11H2,1-3H3. The summed E-state index contributed by atoms with van der Waals surface area (Å²) >= 11 is 0. The van der Waals surface area contributed by atoms with E-state index in [-0.39, 0.29) is 18.6 Å². The molecule has 1 aliphatic rings. The van der Waals surface area contributed by atoms with Gasteiger partial charge >= 0.3 is 5.97 Å². The first-order chi connectivity index (χ1) is 9.46. The van der Waals surface area contributed by atoms with Crippen molar-refractivity contribution >= 4 is 5.97 Å². The normalized spacial score (nSPS) is 19.1. The van der Waals surface area contributed by atoms with Crippen molar-refractivity contribution in [3.63, 3.8) is 0 Å². The molecular weight excluding hydrogens is 252 g/mol. The first kappa shape index (κ1) is 15.0.